The van der Waals surface area contributed by atoms with Gasteiger partial charge in [0.2, 0.25) is 6.41 Å². The van der Waals surface area contributed by atoms with Crippen molar-refractivity contribution in [2.75, 3.05) is 13.1 Å². The first-order valence-corrected chi connectivity index (χ1v) is 8.29. The van der Waals surface area contributed by atoms with Gasteiger partial charge in [-0.2, -0.15) is 0 Å². The molecule has 0 aromatic carbocycles. The first-order valence-electron chi connectivity index (χ1n) is 8.29. The topological polar surface area (TPSA) is 44.7 Å². The molecule has 0 saturated heterocycles. The molecule has 0 saturated carbocycles. The molecule has 120 valence electrons. The van der Waals surface area contributed by atoms with Gasteiger partial charge >= 0.3 is 0 Å². The minimum Gasteiger partial charge on any atom is -0.367 e. The van der Waals surface area contributed by atoms with Crippen LogP contribution >= 0.6 is 0 Å². The van der Waals surface area contributed by atoms with Crippen LogP contribution in [0.4, 0.5) is 0 Å². The van der Waals surface area contributed by atoms with E-state index in [1.807, 2.05) is 18.7 Å². The van der Waals surface area contributed by atoms with Gasteiger partial charge in [0.1, 0.15) is 6.17 Å². The van der Waals surface area contributed by atoms with Crippen molar-refractivity contribution in [2.24, 2.45) is 16.8 Å². The Morgan fingerprint density at radius 3 is 2.48 bits per heavy atom. The van der Waals surface area contributed by atoms with Crippen LogP contribution in [-0.2, 0) is 4.79 Å². The molecular formula is C17H31N3O. The van der Waals surface area contributed by atoms with Gasteiger partial charge in [0.15, 0.2) is 0 Å². The number of amides is 1. The lowest BCUT2D eigenvalue weighted by Gasteiger charge is -2.31. The second kappa shape index (κ2) is 8.20. The average molecular weight is 293 g/mol. The van der Waals surface area contributed by atoms with Gasteiger partial charge in [0.25, 0.3) is 0 Å². The Balaban J connectivity index is 0.00000106. The maximum absolute atomic E-state index is 11.1. The highest BCUT2D eigenvalue weighted by molar-refractivity contribution is 6.03. The number of allylic oxidation sites excluding steroid dienone is 1. The molecule has 4 heteroatoms. The number of nitrogens with zero attached hydrogens (tertiary/aromatic N) is 2. The van der Waals surface area contributed by atoms with Crippen molar-refractivity contribution in [1.82, 2.24) is 10.2 Å². The Bertz CT molecular complexity index is 410. The third-order valence-corrected chi connectivity index (χ3v) is 3.83. The molecule has 0 spiro atoms. The molecule has 0 radical (unpaired) electrons. The Morgan fingerprint density at radius 1 is 1.29 bits per heavy atom. The second-order valence-corrected chi connectivity index (χ2v) is 6.14. The van der Waals surface area contributed by atoms with Crippen LogP contribution in [0.1, 0.15) is 54.4 Å². The molecule has 21 heavy (non-hydrogen) atoms. The number of nitrogens with one attached hydrogen (secondary N) is 1. The predicted octanol–water partition coefficient (Wildman–Crippen LogP) is 3.20. The van der Waals surface area contributed by atoms with E-state index in [9.17, 15) is 4.79 Å². The second-order valence-electron chi connectivity index (χ2n) is 6.14. The fourth-order valence-electron chi connectivity index (χ4n) is 2.72. The summed E-state index contributed by atoms with van der Waals surface area (Å²) in [5, 5.41) is 3.57. The minimum absolute atomic E-state index is 0.180. The largest absolute Gasteiger partial charge is 0.367 e. The Labute approximate surface area is 129 Å². The number of aliphatic imine (C=N–C) groups is 1. The summed E-state index contributed by atoms with van der Waals surface area (Å²) in [5.74, 6) is 0.883. The fourth-order valence-corrected chi connectivity index (χ4v) is 2.72. The third-order valence-electron chi connectivity index (χ3n) is 3.83. The summed E-state index contributed by atoms with van der Waals surface area (Å²) in [6.07, 6.45) is 3.19. The molecular weight excluding hydrogens is 262 g/mol. The maximum Gasteiger partial charge on any atom is 0.210 e. The summed E-state index contributed by atoms with van der Waals surface area (Å²) in [5.41, 5.74) is 3.74. The van der Waals surface area contributed by atoms with Crippen LogP contribution < -0.4 is 5.32 Å². The van der Waals surface area contributed by atoms with Crippen molar-refractivity contribution in [3.05, 3.63) is 11.3 Å². The standard InChI is InChI=1S/C15H25N3O.C2H6/c1-10(2)14-12-8-18(9-19)7-5-6-13(12)16-15(17-14)11(3)4;1-2/h9-11,15-16H,5-8H2,1-4H3;1-2H3. The summed E-state index contributed by atoms with van der Waals surface area (Å²) in [6, 6.07) is 0. The number of carbonyl (C=O) groups is 1. The zero-order valence-electron chi connectivity index (χ0n) is 14.4. The van der Waals surface area contributed by atoms with Gasteiger partial charge in [0, 0.05) is 30.1 Å². The van der Waals surface area contributed by atoms with E-state index >= 15 is 0 Å². The molecule has 0 aliphatic carbocycles. The highest BCUT2D eigenvalue weighted by atomic mass is 16.1. The van der Waals surface area contributed by atoms with E-state index in [0.29, 0.717) is 18.4 Å². The van der Waals surface area contributed by atoms with Crippen molar-refractivity contribution >= 4 is 12.1 Å². The van der Waals surface area contributed by atoms with Crippen LogP contribution in [-0.4, -0.2) is 36.3 Å². The van der Waals surface area contributed by atoms with Crippen LogP contribution in [0.25, 0.3) is 0 Å². The van der Waals surface area contributed by atoms with Gasteiger partial charge in [-0.05, 0) is 24.7 Å². The van der Waals surface area contributed by atoms with Gasteiger partial charge in [0.05, 0.1) is 0 Å². The van der Waals surface area contributed by atoms with Crippen molar-refractivity contribution < 1.29 is 4.79 Å². The summed E-state index contributed by atoms with van der Waals surface area (Å²) >= 11 is 0. The monoisotopic (exact) mass is 293 g/mol. The predicted molar refractivity (Wildman–Crippen MR) is 89.3 cm³/mol. The average Bonchev–Trinajstić information content (AvgIpc) is 2.69. The molecule has 2 aliphatic rings. The quantitative estimate of drug-likeness (QED) is 0.812. The van der Waals surface area contributed by atoms with Crippen LogP contribution in [0.5, 0.6) is 0 Å². The Kier molecular flexibility index (Phi) is 6.93. The van der Waals surface area contributed by atoms with Crippen LogP contribution in [0, 0.1) is 11.8 Å². The van der Waals surface area contributed by atoms with Crippen molar-refractivity contribution in [1.29, 1.82) is 0 Å². The van der Waals surface area contributed by atoms with E-state index in [1.165, 1.54) is 17.0 Å². The Hall–Kier alpha value is -1.32. The zero-order valence-corrected chi connectivity index (χ0v) is 14.4. The molecule has 2 rings (SSSR count). The zero-order chi connectivity index (χ0) is 16.0. The number of rotatable bonds is 3. The normalized spacial score (nSPS) is 22.0. The van der Waals surface area contributed by atoms with E-state index in [0.717, 1.165) is 25.8 Å². The van der Waals surface area contributed by atoms with Gasteiger partial charge in [-0.25, -0.2) is 0 Å². The van der Waals surface area contributed by atoms with Crippen molar-refractivity contribution in [2.45, 2.75) is 60.5 Å². The molecule has 0 bridgehead atoms. The number of hydrogen-bond acceptors (Lipinski definition) is 3. The third kappa shape index (κ3) is 4.32. The first kappa shape index (κ1) is 17.7. The summed E-state index contributed by atoms with van der Waals surface area (Å²) in [6.45, 7) is 14.3. The van der Waals surface area contributed by atoms with E-state index < -0.39 is 0 Å². The van der Waals surface area contributed by atoms with E-state index in [-0.39, 0.29) is 6.17 Å². The van der Waals surface area contributed by atoms with E-state index in [2.05, 4.69) is 33.0 Å². The lowest BCUT2D eigenvalue weighted by molar-refractivity contribution is -0.117. The van der Waals surface area contributed by atoms with Crippen LogP contribution in [0.2, 0.25) is 0 Å². The molecule has 2 aliphatic heterocycles. The molecule has 1 N–H and O–H groups in total. The maximum atomic E-state index is 11.1. The first-order chi connectivity index (χ1) is 10.0. The number of hydrogen-bond donors (Lipinski definition) is 1. The summed E-state index contributed by atoms with van der Waals surface area (Å²) in [4.78, 5) is 17.8. The Morgan fingerprint density at radius 2 is 1.95 bits per heavy atom. The molecule has 2 heterocycles. The van der Waals surface area contributed by atoms with Gasteiger partial charge in [-0.3, -0.25) is 9.79 Å². The molecule has 0 fully saturated rings. The van der Waals surface area contributed by atoms with Crippen molar-refractivity contribution in [3.63, 3.8) is 0 Å². The summed E-state index contributed by atoms with van der Waals surface area (Å²) in [7, 11) is 0. The van der Waals surface area contributed by atoms with Gasteiger partial charge < -0.3 is 10.2 Å². The van der Waals surface area contributed by atoms with E-state index in [4.69, 9.17) is 4.99 Å². The van der Waals surface area contributed by atoms with Crippen molar-refractivity contribution in [3.8, 4) is 0 Å². The van der Waals surface area contributed by atoms with Gasteiger partial charge in [-0.15, -0.1) is 0 Å². The van der Waals surface area contributed by atoms with Crippen LogP contribution in [0.3, 0.4) is 0 Å². The SMILES string of the molecule is CC.CC(C)C1=NC(C(C)C)NC2=C1CN(C=O)CCC2. The lowest BCUT2D eigenvalue weighted by atomic mass is 9.94. The molecule has 0 aromatic heterocycles. The minimum atomic E-state index is 0.180. The summed E-state index contributed by atoms with van der Waals surface area (Å²) < 4.78 is 0. The highest BCUT2D eigenvalue weighted by Crippen LogP contribution is 2.26. The lowest BCUT2D eigenvalue weighted by Crippen LogP contribution is -2.40. The molecule has 1 unspecified atom stereocenters. The van der Waals surface area contributed by atoms with Gasteiger partial charge in [-0.1, -0.05) is 41.5 Å². The molecule has 1 atom stereocenters. The van der Waals surface area contributed by atoms with E-state index in [1.54, 1.807) is 0 Å². The fraction of sp³-hybridized carbons (Fsp3) is 0.765. The molecule has 1 amide bonds. The highest BCUT2D eigenvalue weighted by Gasteiger charge is 2.28. The molecule has 0 aromatic rings. The smallest absolute Gasteiger partial charge is 0.210 e. The van der Waals surface area contributed by atoms with Crippen LogP contribution in [0.15, 0.2) is 16.3 Å². The number of carbonyl (C=O) groups excluding carboxylic acids is 1. The molecule has 4 nitrogen and oxygen atoms in total.